The maximum atomic E-state index is 12.8. The van der Waals surface area contributed by atoms with E-state index in [0.29, 0.717) is 12.8 Å². The highest BCUT2D eigenvalue weighted by molar-refractivity contribution is 5.89. The highest BCUT2D eigenvalue weighted by atomic mass is 16.5. The molecule has 0 aliphatic rings. The third-order valence-corrected chi connectivity index (χ3v) is 6.08. The minimum atomic E-state index is -0.741. The van der Waals surface area contributed by atoms with Crippen LogP contribution in [0, 0.1) is 0 Å². The first kappa shape index (κ1) is 37.4. The molecule has 0 radical (unpaired) electrons. The number of hydrogen-bond donors (Lipinski definition) is 4. The van der Waals surface area contributed by atoms with Crippen LogP contribution in [-0.2, 0) is 46.2 Å². The molecule has 0 saturated carbocycles. The Balaban J connectivity index is 1.66. The molecule has 2 rings (SSSR count). The topological polar surface area (TPSA) is 144 Å². The quantitative estimate of drug-likeness (QED) is 0.186. The van der Waals surface area contributed by atoms with Crippen molar-refractivity contribution in [2.24, 2.45) is 0 Å². The predicted octanol–water partition coefficient (Wildman–Crippen LogP) is 2.32. The summed E-state index contributed by atoms with van der Waals surface area (Å²) in [5, 5.41) is 11.4. The Morgan fingerprint density at radius 1 is 0.556 bits per heavy atom. The van der Waals surface area contributed by atoms with Gasteiger partial charge in [-0.15, -0.1) is 0 Å². The second kappa shape index (κ2) is 18.9. The first-order valence-electron chi connectivity index (χ1n) is 15.3. The minimum Gasteiger partial charge on any atom is -0.377 e. The Kier molecular flexibility index (Phi) is 15.7. The SMILES string of the molecule is CC(C)(C)NC(=O)C(Cc1ccccc1)NC(=O)COCCOCCOCC(=O)NC(Cc1ccccc1)C(=O)NC(C)(C)C. The van der Waals surface area contributed by atoms with Crippen molar-refractivity contribution in [1.29, 1.82) is 0 Å². The molecule has 11 nitrogen and oxygen atoms in total. The molecular weight excluding hydrogens is 576 g/mol. The predicted molar refractivity (Wildman–Crippen MR) is 172 cm³/mol. The van der Waals surface area contributed by atoms with E-state index < -0.39 is 35.0 Å². The van der Waals surface area contributed by atoms with Gasteiger partial charge < -0.3 is 35.5 Å². The van der Waals surface area contributed by atoms with Crippen molar-refractivity contribution in [2.45, 2.75) is 77.5 Å². The van der Waals surface area contributed by atoms with Gasteiger partial charge in [-0.2, -0.15) is 0 Å². The van der Waals surface area contributed by atoms with Crippen molar-refractivity contribution in [3.8, 4) is 0 Å². The van der Waals surface area contributed by atoms with Crippen molar-refractivity contribution in [2.75, 3.05) is 39.6 Å². The van der Waals surface area contributed by atoms with Crippen molar-refractivity contribution in [3.63, 3.8) is 0 Å². The zero-order valence-electron chi connectivity index (χ0n) is 27.4. The van der Waals surface area contributed by atoms with E-state index in [4.69, 9.17) is 14.2 Å². The lowest BCUT2D eigenvalue weighted by atomic mass is 10.0. The number of carbonyl (C=O) groups is 4. The van der Waals surface area contributed by atoms with E-state index in [0.717, 1.165) is 11.1 Å². The molecule has 248 valence electrons. The third kappa shape index (κ3) is 17.3. The molecule has 0 bridgehead atoms. The molecule has 0 aromatic heterocycles. The molecule has 0 saturated heterocycles. The van der Waals surface area contributed by atoms with E-state index >= 15 is 0 Å². The Labute approximate surface area is 267 Å². The van der Waals surface area contributed by atoms with Gasteiger partial charge in [0.05, 0.1) is 26.4 Å². The molecule has 45 heavy (non-hydrogen) atoms. The van der Waals surface area contributed by atoms with Gasteiger partial charge in [-0.05, 0) is 52.7 Å². The lowest BCUT2D eigenvalue weighted by Gasteiger charge is -2.25. The molecule has 0 fully saturated rings. The number of hydrogen-bond acceptors (Lipinski definition) is 7. The highest BCUT2D eigenvalue weighted by Crippen LogP contribution is 2.08. The molecule has 0 spiro atoms. The van der Waals surface area contributed by atoms with Crippen LogP contribution < -0.4 is 21.3 Å². The van der Waals surface area contributed by atoms with Crippen LogP contribution in [0.4, 0.5) is 0 Å². The van der Waals surface area contributed by atoms with Gasteiger partial charge in [0.1, 0.15) is 25.3 Å². The minimum absolute atomic E-state index is 0.162. The highest BCUT2D eigenvalue weighted by Gasteiger charge is 2.26. The van der Waals surface area contributed by atoms with Crippen molar-refractivity contribution in [1.82, 2.24) is 21.3 Å². The molecule has 2 aromatic rings. The number of rotatable bonds is 18. The average Bonchev–Trinajstić information content (AvgIpc) is 2.95. The van der Waals surface area contributed by atoms with Gasteiger partial charge in [0.2, 0.25) is 23.6 Å². The van der Waals surface area contributed by atoms with E-state index in [2.05, 4.69) is 21.3 Å². The van der Waals surface area contributed by atoms with Gasteiger partial charge in [-0.3, -0.25) is 19.2 Å². The summed E-state index contributed by atoms with van der Waals surface area (Å²) in [6, 6.07) is 17.5. The molecular formula is C34H50N4O7. The fraction of sp³-hybridized carbons (Fsp3) is 0.529. The van der Waals surface area contributed by atoms with E-state index in [1.54, 1.807) is 0 Å². The first-order chi connectivity index (χ1) is 21.2. The molecule has 4 amide bonds. The summed E-state index contributed by atoms with van der Waals surface area (Å²) in [5.74, 6) is -1.35. The summed E-state index contributed by atoms with van der Waals surface area (Å²) in [6.07, 6.45) is 0.709. The number of amides is 4. The maximum Gasteiger partial charge on any atom is 0.246 e. The first-order valence-corrected chi connectivity index (χ1v) is 15.3. The normalized spacial score (nSPS) is 12.9. The zero-order valence-corrected chi connectivity index (χ0v) is 27.4. The zero-order chi connectivity index (χ0) is 33.3. The molecule has 0 aliphatic heterocycles. The van der Waals surface area contributed by atoms with Crippen molar-refractivity contribution in [3.05, 3.63) is 71.8 Å². The maximum absolute atomic E-state index is 12.8. The number of ether oxygens (including phenoxy) is 3. The Morgan fingerprint density at radius 2 is 0.889 bits per heavy atom. The van der Waals surface area contributed by atoms with Crippen LogP contribution in [0.3, 0.4) is 0 Å². The van der Waals surface area contributed by atoms with Crippen molar-refractivity contribution < 1.29 is 33.4 Å². The third-order valence-electron chi connectivity index (χ3n) is 6.08. The largest absolute Gasteiger partial charge is 0.377 e. The molecule has 11 heteroatoms. The second-order valence-electron chi connectivity index (χ2n) is 12.8. The van der Waals surface area contributed by atoms with Gasteiger partial charge in [-0.1, -0.05) is 60.7 Å². The Morgan fingerprint density at radius 3 is 1.22 bits per heavy atom. The summed E-state index contributed by atoms with van der Waals surface area (Å²) in [7, 11) is 0. The van der Waals surface area contributed by atoms with Gasteiger partial charge in [0.25, 0.3) is 0 Å². The molecule has 2 aromatic carbocycles. The van der Waals surface area contributed by atoms with E-state index in [9.17, 15) is 19.2 Å². The fourth-order valence-electron chi connectivity index (χ4n) is 4.17. The molecule has 4 N–H and O–H groups in total. The summed E-state index contributed by atoms with van der Waals surface area (Å²) in [6.45, 7) is 11.6. The van der Waals surface area contributed by atoms with E-state index in [-0.39, 0.29) is 51.5 Å². The van der Waals surface area contributed by atoms with Crippen LogP contribution >= 0.6 is 0 Å². The monoisotopic (exact) mass is 626 g/mol. The summed E-state index contributed by atoms with van der Waals surface area (Å²) < 4.78 is 16.3. The smallest absolute Gasteiger partial charge is 0.246 e. The molecule has 0 heterocycles. The lowest BCUT2D eigenvalue weighted by Crippen LogP contribution is -2.53. The Bertz CT molecular complexity index is 1100. The van der Waals surface area contributed by atoms with Crippen LogP contribution in [0.15, 0.2) is 60.7 Å². The van der Waals surface area contributed by atoms with Gasteiger partial charge >= 0.3 is 0 Å². The second-order valence-corrected chi connectivity index (χ2v) is 12.8. The van der Waals surface area contributed by atoms with Crippen LogP contribution in [0.25, 0.3) is 0 Å². The number of nitrogens with one attached hydrogen (secondary N) is 4. The molecule has 2 unspecified atom stereocenters. The van der Waals surface area contributed by atoms with E-state index in [1.165, 1.54) is 0 Å². The molecule has 2 atom stereocenters. The lowest BCUT2D eigenvalue weighted by molar-refractivity contribution is -0.133. The summed E-state index contributed by atoms with van der Waals surface area (Å²) >= 11 is 0. The van der Waals surface area contributed by atoms with Gasteiger partial charge in [-0.25, -0.2) is 0 Å². The van der Waals surface area contributed by atoms with Crippen LogP contribution in [0.1, 0.15) is 52.7 Å². The van der Waals surface area contributed by atoms with Crippen molar-refractivity contribution >= 4 is 23.6 Å². The van der Waals surface area contributed by atoms with Gasteiger partial charge in [0.15, 0.2) is 0 Å². The van der Waals surface area contributed by atoms with Crippen LogP contribution in [-0.4, -0.2) is 86.4 Å². The number of carbonyl (C=O) groups excluding carboxylic acids is 4. The number of benzene rings is 2. The summed E-state index contributed by atoms with van der Waals surface area (Å²) in [4.78, 5) is 50.6. The van der Waals surface area contributed by atoms with Gasteiger partial charge in [0, 0.05) is 23.9 Å². The summed E-state index contributed by atoms with van der Waals surface area (Å²) in [5.41, 5.74) is 0.981. The fourth-order valence-corrected chi connectivity index (χ4v) is 4.17. The average molecular weight is 627 g/mol. The van der Waals surface area contributed by atoms with E-state index in [1.807, 2.05) is 102 Å². The van der Waals surface area contributed by atoms with Crippen LogP contribution in [0.2, 0.25) is 0 Å². The van der Waals surface area contributed by atoms with Crippen LogP contribution in [0.5, 0.6) is 0 Å². The molecule has 0 aliphatic carbocycles. The standard InChI is InChI=1S/C34H50N4O7/c1-33(2,3)37-31(41)27(21-25-13-9-7-10-14-25)35-29(39)23-44-19-17-43-18-20-45-24-30(40)36-28(32(42)38-34(4,5)6)22-26-15-11-8-12-16-26/h7-16,27-28H,17-24H2,1-6H3,(H,35,39)(H,36,40)(H,37,41)(H,38,42). The Hall–Kier alpha value is -3.80.